The Labute approximate surface area is 66.2 Å². The van der Waals surface area contributed by atoms with Gasteiger partial charge in [-0.25, -0.2) is 0 Å². The Morgan fingerprint density at radius 1 is 1.73 bits per heavy atom. The monoisotopic (exact) mass is 149 g/mol. The van der Waals surface area contributed by atoms with Crippen molar-refractivity contribution in [2.75, 3.05) is 6.54 Å². The molecule has 0 amide bonds. The molecule has 1 rings (SSSR count). The number of hydrogen-bond donors (Lipinski definition) is 2. The van der Waals surface area contributed by atoms with Crippen molar-refractivity contribution in [2.24, 2.45) is 0 Å². The maximum atomic E-state index is 8.46. The Morgan fingerprint density at radius 3 is 3.09 bits per heavy atom. The SMILES string of the molecule is C=C(/C=C\O)C1=CCNC=C1. The molecule has 2 nitrogen and oxygen atoms in total. The van der Waals surface area contributed by atoms with Gasteiger partial charge in [-0.3, -0.25) is 0 Å². The van der Waals surface area contributed by atoms with E-state index in [-0.39, 0.29) is 0 Å². The highest BCUT2D eigenvalue weighted by Gasteiger charge is 1.97. The summed E-state index contributed by atoms with van der Waals surface area (Å²) in [7, 11) is 0. The molecule has 1 heterocycles. The zero-order valence-corrected chi connectivity index (χ0v) is 6.25. The number of aliphatic hydroxyl groups is 1. The van der Waals surface area contributed by atoms with Crippen LogP contribution < -0.4 is 5.32 Å². The van der Waals surface area contributed by atoms with Crippen LogP contribution in [-0.4, -0.2) is 11.7 Å². The van der Waals surface area contributed by atoms with Crippen LogP contribution in [0.1, 0.15) is 0 Å². The Hall–Kier alpha value is -1.44. The van der Waals surface area contributed by atoms with Gasteiger partial charge in [-0.05, 0) is 29.5 Å². The lowest BCUT2D eigenvalue weighted by molar-refractivity contribution is 0.473. The molecule has 0 saturated carbocycles. The van der Waals surface area contributed by atoms with Gasteiger partial charge in [0.05, 0.1) is 6.26 Å². The van der Waals surface area contributed by atoms with E-state index in [1.807, 2.05) is 18.4 Å². The molecule has 0 aliphatic carbocycles. The third-order valence-corrected chi connectivity index (χ3v) is 1.47. The van der Waals surface area contributed by atoms with E-state index in [4.69, 9.17) is 5.11 Å². The molecule has 2 heteroatoms. The smallest absolute Gasteiger partial charge is 0.0797 e. The number of allylic oxidation sites excluding steroid dienone is 4. The zero-order valence-electron chi connectivity index (χ0n) is 6.25. The summed E-state index contributed by atoms with van der Waals surface area (Å²) < 4.78 is 0. The van der Waals surface area contributed by atoms with E-state index < -0.39 is 0 Å². The van der Waals surface area contributed by atoms with Gasteiger partial charge in [0, 0.05) is 6.54 Å². The maximum Gasteiger partial charge on any atom is 0.0797 e. The van der Waals surface area contributed by atoms with Gasteiger partial charge in [-0.15, -0.1) is 0 Å². The molecule has 0 aromatic carbocycles. The average molecular weight is 149 g/mol. The number of aliphatic hydroxyl groups excluding tert-OH is 1. The third kappa shape index (κ3) is 2.00. The van der Waals surface area contributed by atoms with Crippen molar-refractivity contribution in [2.45, 2.75) is 0 Å². The first-order valence-corrected chi connectivity index (χ1v) is 3.44. The Morgan fingerprint density at radius 2 is 2.55 bits per heavy atom. The van der Waals surface area contributed by atoms with Crippen LogP contribution in [0, 0.1) is 0 Å². The molecule has 0 spiro atoms. The lowest BCUT2D eigenvalue weighted by Gasteiger charge is -2.07. The first kappa shape index (κ1) is 7.66. The molecule has 0 atom stereocenters. The first-order valence-electron chi connectivity index (χ1n) is 3.44. The van der Waals surface area contributed by atoms with Gasteiger partial charge in [-0.1, -0.05) is 12.7 Å². The fourth-order valence-electron chi connectivity index (χ4n) is 0.878. The highest BCUT2D eigenvalue weighted by molar-refractivity contribution is 5.45. The van der Waals surface area contributed by atoms with E-state index in [0.717, 1.165) is 24.0 Å². The van der Waals surface area contributed by atoms with E-state index in [1.54, 1.807) is 6.08 Å². The van der Waals surface area contributed by atoms with Crippen LogP contribution in [0.3, 0.4) is 0 Å². The lowest BCUT2D eigenvalue weighted by atomic mass is 10.1. The molecule has 0 aromatic heterocycles. The van der Waals surface area contributed by atoms with Gasteiger partial charge in [0.2, 0.25) is 0 Å². The van der Waals surface area contributed by atoms with Gasteiger partial charge in [0.15, 0.2) is 0 Å². The normalized spacial score (nSPS) is 16.2. The average Bonchev–Trinajstić information content (AvgIpc) is 2.07. The fraction of sp³-hybridized carbons (Fsp3) is 0.111. The highest BCUT2D eigenvalue weighted by atomic mass is 16.2. The minimum Gasteiger partial charge on any atom is -0.516 e. The van der Waals surface area contributed by atoms with E-state index in [0.29, 0.717) is 0 Å². The second kappa shape index (κ2) is 3.66. The molecule has 11 heavy (non-hydrogen) atoms. The predicted octanol–water partition coefficient (Wildman–Crippen LogP) is 1.66. The summed E-state index contributed by atoms with van der Waals surface area (Å²) >= 11 is 0. The summed E-state index contributed by atoms with van der Waals surface area (Å²) in [6.07, 6.45) is 8.38. The summed E-state index contributed by atoms with van der Waals surface area (Å²) in [5, 5.41) is 11.5. The summed E-state index contributed by atoms with van der Waals surface area (Å²) in [6, 6.07) is 0. The standard InChI is InChI=1S/C9H11NO/c1-8(4-7-11)9-2-5-10-6-3-9/h2-5,7,10-11H,1,6H2/b7-4-. The number of rotatable bonds is 2. The summed E-state index contributed by atoms with van der Waals surface area (Å²) in [6.45, 7) is 4.60. The van der Waals surface area contributed by atoms with Crippen LogP contribution >= 0.6 is 0 Å². The van der Waals surface area contributed by atoms with Crippen LogP contribution in [0.15, 0.2) is 48.4 Å². The van der Waals surface area contributed by atoms with Crippen molar-refractivity contribution in [1.29, 1.82) is 0 Å². The molecule has 1 aliphatic heterocycles. The van der Waals surface area contributed by atoms with Crippen molar-refractivity contribution < 1.29 is 5.11 Å². The molecular formula is C9H11NO. The Bertz CT molecular complexity index is 236. The highest BCUT2D eigenvalue weighted by Crippen LogP contribution is 2.11. The topological polar surface area (TPSA) is 32.3 Å². The summed E-state index contributed by atoms with van der Waals surface area (Å²) in [5.74, 6) is 0. The number of hydrogen-bond acceptors (Lipinski definition) is 2. The van der Waals surface area contributed by atoms with Crippen molar-refractivity contribution in [1.82, 2.24) is 5.32 Å². The predicted molar refractivity (Wildman–Crippen MR) is 46.1 cm³/mol. The van der Waals surface area contributed by atoms with Crippen LogP contribution in [0.5, 0.6) is 0 Å². The third-order valence-electron chi connectivity index (χ3n) is 1.47. The molecule has 0 bridgehead atoms. The molecule has 0 fully saturated rings. The fourth-order valence-corrected chi connectivity index (χ4v) is 0.878. The van der Waals surface area contributed by atoms with E-state index in [9.17, 15) is 0 Å². The maximum absolute atomic E-state index is 8.46. The second-order valence-electron chi connectivity index (χ2n) is 2.24. The summed E-state index contributed by atoms with van der Waals surface area (Å²) in [5.41, 5.74) is 1.87. The Balaban J connectivity index is 2.67. The molecule has 0 saturated heterocycles. The molecule has 0 aromatic rings. The molecular weight excluding hydrogens is 138 g/mol. The minimum absolute atomic E-state index is 0.824. The minimum atomic E-state index is 0.824. The first-order chi connectivity index (χ1) is 5.34. The van der Waals surface area contributed by atoms with Gasteiger partial charge < -0.3 is 10.4 Å². The Kier molecular flexibility index (Phi) is 2.55. The van der Waals surface area contributed by atoms with Crippen LogP contribution in [-0.2, 0) is 0 Å². The van der Waals surface area contributed by atoms with Gasteiger partial charge in [0.25, 0.3) is 0 Å². The quantitative estimate of drug-likeness (QED) is 0.462. The van der Waals surface area contributed by atoms with Gasteiger partial charge >= 0.3 is 0 Å². The van der Waals surface area contributed by atoms with Crippen molar-refractivity contribution >= 4 is 0 Å². The molecule has 1 aliphatic rings. The molecule has 58 valence electrons. The van der Waals surface area contributed by atoms with Gasteiger partial charge in [-0.2, -0.15) is 0 Å². The van der Waals surface area contributed by atoms with Crippen LogP contribution in [0.2, 0.25) is 0 Å². The van der Waals surface area contributed by atoms with E-state index >= 15 is 0 Å². The number of nitrogens with one attached hydrogen (secondary N) is 1. The van der Waals surface area contributed by atoms with Crippen molar-refractivity contribution in [3.63, 3.8) is 0 Å². The van der Waals surface area contributed by atoms with Crippen LogP contribution in [0.25, 0.3) is 0 Å². The molecule has 0 radical (unpaired) electrons. The zero-order chi connectivity index (χ0) is 8.10. The second-order valence-corrected chi connectivity index (χ2v) is 2.24. The van der Waals surface area contributed by atoms with Crippen LogP contribution in [0.4, 0.5) is 0 Å². The molecule has 2 N–H and O–H groups in total. The van der Waals surface area contributed by atoms with Gasteiger partial charge in [0.1, 0.15) is 0 Å². The van der Waals surface area contributed by atoms with E-state index in [2.05, 4.69) is 11.9 Å². The number of dihydropyridines is 1. The van der Waals surface area contributed by atoms with E-state index in [1.165, 1.54) is 0 Å². The van der Waals surface area contributed by atoms with Crippen molar-refractivity contribution in [3.8, 4) is 0 Å². The molecule has 0 unspecified atom stereocenters. The summed E-state index contributed by atoms with van der Waals surface area (Å²) in [4.78, 5) is 0. The van der Waals surface area contributed by atoms with Crippen molar-refractivity contribution in [3.05, 3.63) is 48.4 Å². The largest absolute Gasteiger partial charge is 0.516 e. The lowest BCUT2D eigenvalue weighted by Crippen LogP contribution is -2.08.